The number of hydrogen-bond donors (Lipinski definition) is 0. The number of epoxide rings is 3. The van der Waals surface area contributed by atoms with Crippen LogP contribution in [0.2, 0.25) is 0 Å². The molecule has 54 heavy (non-hydrogen) atoms. The van der Waals surface area contributed by atoms with E-state index in [4.69, 9.17) is 28.4 Å². The zero-order valence-corrected chi connectivity index (χ0v) is 33.3. The van der Waals surface area contributed by atoms with Gasteiger partial charge in [0.25, 0.3) is 0 Å². The molecule has 5 aromatic rings. The molecule has 290 valence electrons. The third-order valence-corrected chi connectivity index (χ3v) is 8.32. The fourth-order valence-electron chi connectivity index (χ4n) is 4.41. The molecule has 0 spiro atoms. The monoisotopic (exact) mass is 734 g/mol. The van der Waals surface area contributed by atoms with Gasteiger partial charge < -0.3 is 28.4 Å². The van der Waals surface area contributed by atoms with Crippen molar-refractivity contribution in [1.29, 1.82) is 0 Å². The van der Waals surface area contributed by atoms with Crippen LogP contribution in [-0.4, -0.2) is 58.5 Å². The zero-order valence-electron chi connectivity index (χ0n) is 33.3. The van der Waals surface area contributed by atoms with Crippen LogP contribution in [-0.2, 0) is 39.9 Å². The van der Waals surface area contributed by atoms with Crippen LogP contribution >= 0.6 is 0 Å². The van der Waals surface area contributed by atoms with E-state index in [-0.39, 0.29) is 0 Å². The molecule has 3 heterocycles. The van der Waals surface area contributed by atoms with E-state index in [9.17, 15) is 0 Å². The lowest BCUT2D eigenvalue weighted by molar-refractivity contribution is 0.263. The van der Waals surface area contributed by atoms with Gasteiger partial charge in [-0.3, -0.25) is 0 Å². The van der Waals surface area contributed by atoms with Crippen LogP contribution in [0.15, 0.2) is 140 Å². The van der Waals surface area contributed by atoms with Crippen molar-refractivity contribution in [2.24, 2.45) is 0 Å². The first-order chi connectivity index (χ1) is 26.5. The Morgan fingerprint density at radius 3 is 0.870 bits per heavy atom. The number of hydrogen-bond acceptors (Lipinski definition) is 6. The van der Waals surface area contributed by atoms with Gasteiger partial charge in [-0.1, -0.05) is 131 Å². The molecule has 3 saturated heterocycles. The van der Waals surface area contributed by atoms with Gasteiger partial charge in [0.15, 0.2) is 0 Å². The molecule has 6 nitrogen and oxygen atoms in total. The maximum Gasteiger partial charge on any atom is 0.119 e. The van der Waals surface area contributed by atoms with Gasteiger partial charge in [0.1, 0.15) is 42.7 Å². The quantitative estimate of drug-likeness (QED) is 0.126. The van der Waals surface area contributed by atoms with Crippen LogP contribution in [0.1, 0.15) is 56.9 Å². The molecule has 3 unspecified atom stereocenters. The van der Waals surface area contributed by atoms with Crippen molar-refractivity contribution in [3.63, 3.8) is 0 Å². The van der Waals surface area contributed by atoms with Gasteiger partial charge in [0.2, 0.25) is 0 Å². The van der Waals surface area contributed by atoms with E-state index in [1.807, 2.05) is 91.0 Å². The summed E-state index contributed by atoms with van der Waals surface area (Å²) < 4.78 is 30.4. The van der Waals surface area contributed by atoms with E-state index < -0.39 is 0 Å². The molecule has 3 atom stereocenters. The molecule has 8 rings (SSSR count). The van der Waals surface area contributed by atoms with Crippen LogP contribution in [0.5, 0.6) is 17.2 Å². The fraction of sp³-hybridized carbons (Fsp3) is 0.375. The molecule has 0 amide bonds. The van der Waals surface area contributed by atoms with Gasteiger partial charge >= 0.3 is 0 Å². The summed E-state index contributed by atoms with van der Waals surface area (Å²) in [6, 6.07) is 46.9. The van der Waals surface area contributed by atoms with Crippen LogP contribution in [0, 0.1) is 0 Å². The van der Waals surface area contributed by atoms with E-state index in [1.54, 1.807) is 7.11 Å². The summed E-state index contributed by atoms with van der Waals surface area (Å²) >= 11 is 0. The van der Waals surface area contributed by atoms with Gasteiger partial charge in [-0.05, 0) is 91.3 Å². The van der Waals surface area contributed by atoms with E-state index >= 15 is 0 Å². The molecular formula is C48H62O6. The third-order valence-electron chi connectivity index (χ3n) is 8.32. The molecule has 0 saturated carbocycles. The number of methoxy groups -OCH3 is 1. The SMILES string of the molecule is CC1CO1.CCc1ccc(CC)cc1.CCc1ccc(CC)cc1.COc1ccccc1.c1ccc(OCC2CO2)cc1.c1ccc(OCC2CO2)cc1. The van der Waals surface area contributed by atoms with E-state index in [0.29, 0.717) is 31.5 Å². The molecule has 6 heteroatoms. The summed E-state index contributed by atoms with van der Waals surface area (Å²) in [5.41, 5.74) is 5.71. The van der Waals surface area contributed by atoms with E-state index in [1.165, 1.54) is 22.3 Å². The lowest BCUT2D eigenvalue weighted by Crippen LogP contribution is -2.03. The smallest absolute Gasteiger partial charge is 0.119 e. The molecule has 3 aliphatic heterocycles. The van der Waals surface area contributed by atoms with Crippen molar-refractivity contribution >= 4 is 0 Å². The standard InChI is InChI=1S/2C10H14.2C9H10O2.C7H8O.C3H6O/c2*1-3-9-5-7-10(4-2)8-6-9;2*1-2-4-8(5-3-1)10-6-9-7-11-9;1-8-7-5-3-2-4-6-7;1-3-2-4-3/h2*5-8H,3-4H2,1-2H3;2*1-5,9H,6-7H2;2-6H,1H3;3H,2H2,1H3. The zero-order chi connectivity index (χ0) is 38.6. The normalized spacial score (nSPS) is 16.5. The minimum absolute atomic E-state index is 0.343. The van der Waals surface area contributed by atoms with E-state index in [2.05, 4.69) is 83.1 Å². The molecule has 0 radical (unpaired) electrons. The molecule has 0 N–H and O–H groups in total. The topological polar surface area (TPSA) is 65.3 Å². The Bertz CT molecular complexity index is 1440. The summed E-state index contributed by atoms with van der Waals surface area (Å²) in [6.07, 6.45) is 5.84. The van der Waals surface area contributed by atoms with Gasteiger partial charge in [0, 0.05) is 0 Å². The summed E-state index contributed by atoms with van der Waals surface area (Å²) in [4.78, 5) is 0. The minimum Gasteiger partial charge on any atom is -0.497 e. The van der Waals surface area contributed by atoms with Gasteiger partial charge in [-0.25, -0.2) is 0 Å². The number of benzene rings is 5. The fourth-order valence-corrected chi connectivity index (χ4v) is 4.41. The lowest BCUT2D eigenvalue weighted by Gasteiger charge is -2.01. The summed E-state index contributed by atoms with van der Waals surface area (Å²) in [7, 11) is 1.66. The van der Waals surface area contributed by atoms with Crippen molar-refractivity contribution in [3.05, 3.63) is 162 Å². The molecule has 3 fully saturated rings. The highest BCUT2D eigenvalue weighted by Gasteiger charge is 2.23. The predicted molar refractivity (Wildman–Crippen MR) is 222 cm³/mol. The highest BCUT2D eigenvalue weighted by atomic mass is 16.6. The predicted octanol–water partition coefficient (Wildman–Crippen LogP) is 10.7. The average molecular weight is 735 g/mol. The Balaban J connectivity index is 0.000000177. The maximum absolute atomic E-state index is 5.40. The summed E-state index contributed by atoms with van der Waals surface area (Å²) in [6.45, 7) is 14.8. The second-order valence-electron chi connectivity index (χ2n) is 12.9. The lowest BCUT2D eigenvalue weighted by atomic mass is 10.1. The minimum atomic E-state index is 0.343. The first-order valence-corrected chi connectivity index (χ1v) is 19.4. The van der Waals surface area contributed by atoms with Gasteiger partial charge in [0.05, 0.1) is 33.0 Å². The molecular weight excluding hydrogens is 673 g/mol. The molecule has 3 aliphatic rings. The Labute approximate surface area is 325 Å². The number of para-hydroxylation sites is 3. The molecule has 0 bridgehead atoms. The first kappa shape index (κ1) is 43.8. The Morgan fingerprint density at radius 2 is 0.685 bits per heavy atom. The van der Waals surface area contributed by atoms with Crippen molar-refractivity contribution in [2.75, 3.05) is 40.1 Å². The van der Waals surface area contributed by atoms with E-state index in [0.717, 1.165) is 62.8 Å². The van der Waals surface area contributed by atoms with Crippen LogP contribution in [0.3, 0.4) is 0 Å². The van der Waals surface area contributed by atoms with Crippen molar-refractivity contribution in [3.8, 4) is 17.2 Å². The molecule has 0 aromatic heterocycles. The van der Waals surface area contributed by atoms with Crippen molar-refractivity contribution < 1.29 is 28.4 Å². The van der Waals surface area contributed by atoms with Crippen LogP contribution in [0.25, 0.3) is 0 Å². The summed E-state index contributed by atoms with van der Waals surface area (Å²) in [5, 5.41) is 0. The van der Waals surface area contributed by atoms with Crippen LogP contribution in [0.4, 0.5) is 0 Å². The average Bonchev–Trinajstić information content (AvgIpc) is 4.11. The molecule has 0 aliphatic carbocycles. The van der Waals surface area contributed by atoms with Crippen molar-refractivity contribution in [2.45, 2.75) is 78.6 Å². The second-order valence-corrected chi connectivity index (χ2v) is 12.9. The van der Waals surface area contributed by atoms with Crippen LogP contribution < -0.4 is 14.2 Å². The third kappa shape index (κ3) is 21.8. The van der Waals surface area contributed by atoms with Gasteiger partial charge in [-0.2, -0.15) is 0 Å². The highest BCUT2D eigenvalue weighted by molar-refractivity contribution is 5.24. The van der Waals surface area contributed by atoms with Crippen molar-refractivity contribution in [1.82, 2.24) is 0 Å². The second kappa shape index (κ2) is 27.0. The number of rotatable bonds is 11. The Hall–Kier alpha value is -4.62. The Morgan fingerprint density at radius 1 is 0.426 bits per heavy atom. The largest absolute Gasteiger partial charge is 0.497 e. The summed E-state index contributed by atoms with van der Waals surface area (Å²) in [5.74, 6) is 2.75. The molecule has 5 aromatic carbocycles. The maximum atomic E-state index is 5.40. The number of ether oxygens (including phenoxy) is 6. The van der Waals surface area contributed by atoms with Gasteiger partial charge in [-0.15, -0.1) is 0 Å². The number of aryl methyl sites for hydroxylation is 4. The Kier molecular flexibility index (Phi) is 21.9. The highest BCUT2D eigenvalue weighted by Crippen LogP contribution is 2.15. The first-order valence-electron chi connectivity index (χ1n) is 19.4.